The number of nitrogens with zero attached hydrogens (tertiary/aromatic N) is 5. The van der Waals surface area contributed by atoms with Crippen LogP contribution >= 0.6 is 27.5 Å². The van der Waals surface area contributed by atoms with Gasteiger partial charge in [0.2, 0.25) is 0 Å². The molecular formula is C29H34BrClFN5O3. The molecule has 2 bridgehead atoms. The highest BCUT2D eigenvalue weighted by Gasteiger charge is 2.48. The Morgan fingerprint density at radius 2 is 1.80 bits per heavy atom. The summed E-state index contributed by atoms with van der Waals surface area (Å²) in [7, 11) is 0. The van der Waals surface area contributed by atoms with Crippen molar-refractivity contribution in [3.05, 3.63) is 45.7 Å². The van der Waals surface area contributed by atoms with Crippen molar-refractivity contribution in [3.8, 4) is 6.01 Å². The number of ether oxygens (including phenoxy) is 2. The van der Waals surface area contributed by atoms with Crippen molar-refractivity contribution in [2.24, 2.45) is 0 Å². The molecule has 4 aliphatic heterocycles. The molecule has 1 aromatic carbocycles. The fraction of sp³-hybridized carbons (Fsp3) is 0.552. The maximum Gasteiger partial charge on any atom is 0.410 e. The van der Waals surface area contributed by atoms with Crippen molar-refractivity contribution in [1.29, 1.82) is 0 Å². The third-order valence-electron chi connectivity index (χ3n) is 8.30. The molecule has 6 rings (SSSR count). The molecule has 0 aliphatic carbocycles. The van der Waals surface area contributed by atoms with E-state index in [1.54, 1.807) is 6.07 Å². The number of hydrogen-bond acceptors (Lipinski definition) is 7. The number of benzene rings is 1. The zero-order valence-corrected chi connectivity index (χ0v) is 25.4. The van der Waals surface area contributed by atoms with Crippen molar-refractivity contribution in [2.75, 3.05) is 37.7 Å². The van der Waals surface area contributed by atoms with Crippen LogP contribution in [-0.2, 0) is 4.74 Å². The smallest absolute Gasteiger partial charge is 0.410 e. The van der Waals surface area contributed by atoms with Crippen molar-refractivity contribution >= 4 is 50.3 Å². The van der Waals surface area contributed by atoms with Gasteiger partial charge in [-0.3, -0.25) is 9.80 Å². The van der Waals surface area contributed by atoms with Crippen LogP contribution in [-0.4, -0.2) is 81.9 Å². The molecule has 4 aliphatic rings. The maximum absolute atomic E-state index is 15.5. The van der Waals surface area contributed by atoms with Gasteiger partial charge in [-0.2, -0.15) is 9.97 Å². The highest BCUT2D eigenvalue weighted by molar-refractivity contribution is 9.10. The number of carbonyl (C=O) groups excluding carboxylic acids is 1. The number of fused-ring (bicyclic) bond motifs is 4. The van der Waals surface area contributed by atoms with E-state index < -0.39 is 11.4 Å². The molecule has 2 atom stereocenters. The Bertz CT molecular complexity index is 1390. The average molecular weight is 635 g/mol. The molecule has 5 heterocycles. The second-order valence-corrected chi connectivity index (χ2v) is 13.8. The van der Waals surface area contributed by atoms with E-state index in [1.807, 2.05) is 25.7 Å². The molecule has 0 spiro atoms. The van der Waals surface area contributed by atoms with Crippen LogP contribution in [0.2, 0.25) is 5.02 Å². The van der Waals surface area contributed by atoms with Crippen LogP contribution in [0.4, 0.5) is 15.0 Å². The quantitative estimate of drug-likeness (QED) is 0.297. The topological polar surface area (TPSA) is 71.0 Å². The van der Waals surface area contributed by atoms with E-state index in [0.29, 0.717) is 30.9 Å². The Kier molecular flexibility index (Phi) is 6.82. The lowest BCUT2D eigenvalue weighted by Gasteiger charge is -2.42. The van der Waals surface area contributed by atoms with Crippen LogP contribution < -0.4 is 9.64 Å². The highest BCUT2D eigenvalue weighted by Crippen LogP contribution is 2.44. The molecule has 214 valence electrons. The molecule has 40 heavy (non-hydrogen) atoms. The molecule has 4 fully saturated rings. The standard InChI is InChI=1S/C29H34BrClFN5O3/c1-16-9-29(10-17(2)12-36(29)11-16)15-39-26-33-24-20(8-21(31)22(30)23(24)32)25(34-26)35-13-18-6-7-19(14-35)37(18)27(38)40-28(3,4)5/h8,18-19H,1-2,6-7,9-15H2,3-5H3. The first-order chi connectivity index (χ1) is 18.8. The minimum absolute atomic E-state index is 0.0415. The zero-order valence-electron chi connectivity index (χ0n) is 23.1. The SMILES string of the molecule is C=C1CN2CC(=C)CC2(COc2nc(N3CC4CCC(C3)N4C(=O)OC(C)(C)C)c3cc(Cl)c(Br)c(F)c3n2)C1. The first-order valence-corrected chi connectivity index (χ1v) is 14.8. The Hall–Kier alpha value is -2.43. The maximum atomic E-state index is 15.5. The highest BCUT2D eigenvalue weighted by atomic mass is 79.9. The van der Waals surface area contributed by atoms with Crippen molar-refractivity contribution in [1.82, 2.24) is 19.8 Å². The van der Waals surface area contributed by atoms with Gasteiger partial charge in [0.25, 0.3) is 0 Å². The Morgan fingerprint density at radius 3 is 2.40 bits per heavy atom. The van der Waals surface area contributed by atoms with Crippen LogP contribution in [0.1, 0.15) is 46.5 Å². The summed E-state index contributed by atoms with van der Waals surface area (Å²) in [6.45, 7) is 17.1. The van der Waals surface area contributed by atoms with Gasteiger partial charge in [0.1, 0.15) is 23.5 Å². The van der Waals surface area contributed by atoms with E-state index in [9.17, 15) is 4.79 Å². The van der Waals surface area contributed by atoms with Crippen LogP contribution in [0.25, 0.3) is 10.9 Å². The van der Waals surface area contributed by atoms with Crippen molar-refractivity contribution < 1.29 is 18.7 Å². The second kappa shape index (κ2) is 9.84. The normalized spacial score (nSPS) is 24.2. The first kappa shape index (κ1) is 27.7. The van der Waals surface area contributed by atoms with Crippen LogP contribution in [0.15, 0.2) is 34.8 Å². The number of anilines is 1. The Balaban J connectivity index is 1.33. The number of rotatable bonds is 4. The average Bonchev–Trinajstić information content (AvgIpc) is 3.43. The molecule has 2 unspecified atom stereocenters. The van der Waals surface area contributed by atoms with Gasteiger partial charge in [0.15, 0.2) is 5.82 Å². The van der Waals surface area contributed by atoms with Crippen LogP contribution in [0, 0.1) is 5.82 Å². The summed E-state index contributed by atoms with van der Waals surface area (Å²) >= 11 is 9.65. The lowest BCUT2D eigenvalue weighted by molar-refractivity contribution is 0.0122. The molecule has 2 aromatic rings. The predicted molar refractivity (Wildman–Crippen MR) is 157 cm³/mol. The summed E-state index contributed by atoms with van der Waals surface area (Å²) in [5.74, 6) is -0.00954. The second-order valence-electron chi connectivity index (χ2n) is 12.6. The lowest BCUT2D eigenvalue weighted by Crippen LogP contribution is -2.57. The van der Waals surface area contributed by atoms with Gasteiger partial charge in [0.05, 0.1) is 27.1 Å². The molecule has 1 amide bonds. The number of amides is 1. The summed E-state index contributed by atoms with van der Waals surface area (Å²) in [5, 5.41) is 0.744. The van der Waals surface area contributed by atoms with Gasteiger partial charge in [-0.05, 0) is 68.5 Å². The number of aromatic nitrogens is 2. The minimum Gasteiger partial charge on any atom is -0.461 e. The minimum atomic E-state index is -0.573. The summed E-state index contributed by atoms with van der Waals surface area (Å²) in [5.41, 5.74) is 1.67. The monoisotopic (exact) mass is 633 g/mol. The zero-order chi connectivity index (χ0) is 28.6. The number of halogens is 3. The summed E-state index contributed by atoms with van der Waals surface area (Å²) in [6.07, 6.45) is 3.06. The molecule has 0 saturated carbocycles. The molecule has 1 aromatic heterocycles. The Morgan fingerprint density at radius 1 is 1.18 bits per heavy atom. The van der Waals surface area contributed by atoms with Gasteiger partial charge in [0, 0.05) is 31.6 Å². The van der Waals surface area contributed by atoms with E-state index in [2.05, 4.69) is 43.9 Å². The van der Waals surface area contributed by atoms with Gasteiger partial charge in [-0.25, -0.2) is 9.18 Å². The van der Waals surface area contributed by atoms with Crippen molar-refractivity contribution in [3.63, 3.8) is 0 Å². The molecule has 8 nitrogen and oxygen atoms in total. The number of piperazine rings is 1. The van der Waals surface area contributed by atoms with Gasteiger partial charge < -0.3 is 14.4 Å². The third kappa shape index (κ3) is 4.86. The summed E-state index contributed by atoms with van der Waals surface area (Å²) in [4.78, 5) is 28.7. The van der Waals surface area contributed by atoms with Gasteiger partial charge >= 0.3 is 12.1 Å². The molecular weight excluding hydrogens is 601 g/mol. The Labute approximate surface area is 247 Å². The lowest BCUT2D eigenvalue weighted by atomic mass is 9.92. The molecule has 0 radical (unpaired) electrons. The molecule has 4 saturated heterocycles. The fourth-order valence-electron chi connectivity index (χ4n) is 6.78. The summed E-state index contributed by atoms with van der Waals surface area (Å²) < 4.78 is 27.7. The van der Waals surface area contributed by atoms with E-state index in [0.717, 1.165) is 38.8 Å². The number of carbonyl (C=O) groups is 1. The largest absolute Gasteiger partial charge is 0.461 e. The van der Waals surface area contributed by atoms with Gasteiger partial charge in [-0.15, -0.1) is 0 Å². The van der Waals surface area contributed by atoms with E-state index >= 15 is 4.39 Å². The van der Waals surface area contributed by atoms with E-state index in [1.165, 1.54) is 11.1 Å². The van der Waals surface area contributed by atoms with Gasteiger partial charge in [-0.1, -0.05) is 35.9 Å². The predicted octanol–water partition coefficient (Wildman–Crippen LogP) is 6.11. The molecule has 0 N–H and O–H groups in total. The first-order valence-electron chi connectivity index (χ1n) is 13.7. The van der Waals surface area contributed by atoms with E-state index in [4.69, 9.17) is 26.1 Å². The van der Waals surface area contributed by atoms with Crippen molar-refractivity contribution in [2.45, 2.75) is 69.7 Å². The fourth-order valence-corrected chi connectivity index (χ4v) is 7.28. The summed E-state index contributed by atoms with van der Waals surface area (Å²) in [6, 6.07) is 1.72. The third-order valence-corrected chi connectivity index (χ3v) is 9.60. The van der Waals surface area contributed by atoms with Crippen LogP contribution in [0.5, 0.6) is 6.01 Å². The van der Waals surface area contributed by atoms with E-state index in [-0.39, 0.29) is 44.7 Å². The molecule has 11 heteroatoms. The number of hydrogen-bond donors (Lipinski definition) is 0. The van der Waals surface area contributed by atoms with Crippen LogP contribution in [0.3, 0.4) is 0 Å².